The Balaban J connectivity index is 1.30. The van der Waals surface area contributed by atoms with Gasteiger partial charge in [0.1, 0.15) is 0 Å². The molecule has 2 heterocycles. The molecular weight excluding hydrogens is 398 g/mol. The van der Waals surface area contributed by atoms with Gasteiger partial charge in [-0.15, -0.1) is 0 Å². The molecular formula is C27H25N3O2. The SMILES string of the molecule is O=C(c1cc(-c2ccccc2)on1)N1CCN(C(c2ccccc2)c2ccccc2)CC1. The van der Waals surface area contributed by atoms with Crippen LogP contribution in [0.25, 0.3) is 11.3 Å². The fraction of sp³-hybridized carbons (Fsp3) is 0.185. The molecule has 32 heavy (non-hydrogen) atoms. The minimum atomic E-state index is -0.0773. The second-order valence-corrected chi connectivity index (χ2v) is 7.99. The van der Waals surface area contributed by atoms with E-state index in [2.05, 4.69) is 58.6 Å². The molecule has 1 saturated heterocycles. The van der Waals surface area contributed by atoms with E-state index in [1.165, 1.54) is 11.1 Å². The van der Waals surface area contributed by atoms with Crippen LogP contribution in [0.5, 0.6) is 0 Å². The number of aromatic nitrogens is 1. The number of amides is 1. The lowest BCUT2D eigenvalue weighted by atomic mass is 9.96. The first-order valence-corrected chi connectivity index (χ1v) is 10.9. The van der Waals surface area contributed by atoms with Crippen molar-refractivity contribution in [3.8, 4) is 11.3 Å². The number of rotatable bonds is 5. The average Bonchev–Trinajstić information content (AvgIpc) is 3.37. The zero-order valence-corrected chi connectivity index (χ0v) is 17.8. The van der Waals surface area contributed by atoms with Crippen molar-refractivity contribution in [3.05, 3.63) is 114 Å². The van der Waals surface area contributed by atoms with Crippen molar-refractivity contribution >= 4 is 5.91 Å². The zero-order chi connectivity index (χ0) is 21.8. The summed E-state index contributed by atoms with van der Waals surface area (Å²) in [6.07, 6.45) is 0. The van der Waals surface area contributed by atoms with Crippen molar-refractivity contribution in [1.82, 2.24) is 15.0 Å². The van der Waals surface area contributed by atoms with E-state index in [1.807, 2.05) is 47.4 Å². The highest BCUT2D eigenvalue weighted by molar-refractivity contribution is 5.93. The maximum absolute atomic E-state index is 13.0. The molecule has 1 aliphatic heterocycles. The summed E-state index contributed by atoms with van der Waals surface area (Å²) in [6.45, 7) is 2.90. The highest BCUT2D eigenvalue weighted by Crippen LogP contribution is 2.30. The molecule has 1 aliphatic rings. The average molecular weight is 424 g/mol. The molecule has 5 nitrogen and oxygen atoms in total. The van der Waals surface area contributed by atoms with Gasteiger partial charge in [0.05, 0.1) is 6.04 Å². The summed E-state index contributed by atoms with van der Waals surface area (Å²) in [5, 5.41) is 4.04. The molecule has 0 bridgehead atoms. The van der Waals surface area contributed by atoms with Gasteiger partial charge in [0.2, 0.25) is 0 Å². The molecule has 1 amide bonds. The number of carbonyl (C=O) groups is 1. The minimum absolute atomic E-state index is 0.0773. The van der Waals surface area contributed by atoms with Gasteiger partial charge in [-0.2, -0.15) is 0 Å². The molecule has 0 saturated carbocycles. The van der Waals surface area contributed by atoms with Gasteiger partial charge in [-0.3, -0.25) is 9.69 Å². The highest BCUT2D eigenvalue weighted by Gasteiger charge is 2.29. The second-order valence-electron chi connectivity index (χ2n) is 7.99. The third-order valence-corrected chi connectivity index (χ3v) is 5.98. The van der Waals surface area contributed by atoms with Gasteiger partial charge in [-0.25, -0.2) is 0 Å². The number of piperazine rings is 1. The molecule has 3 aromatic carbocycles. The molecule has 5 heteroatoms. The lowest BCUT2D eigenvalue weighted by Crippen LogP contribution is -2.50. The lowest BCUT2D eigenvalue weighted by molar-refractivity contribution is 0.0588. The van der Waals surface area contributed by atoms with Crippen LogP contribution in [-0.2, 0) is 0 Å². The smallest absolute Gasteiger partial charge is 0.276 e. The first-order chi connectivity index (χ1) is 15.8. The molecule has 0 atom stereocenters. The molecule has 0 unspecified atom stereocenters. The summed E-state index contributed by atoms with van der Waals surface area (Å²) in [6, 6.07) is 32.8. The van der Waals surface area contributed by atoms with Crippen molar-refractivity contribution < 1.29 is 9.32 Å². The van der Waals surface area contributed by atoms with Crippen molar-refractivity contribution in [1.29, 1.82) is 0 Å². The maximum Gasteiger partial charge on any atom is 0.276 e. The van der Waals surface area contributed by atoms with Crippen LogP contribution in [0.15, 0.2) is 102 Å². The zero-order valence-electron chi connectivity index (χ0n) is 17.8. The summed E-state index contributed by atoms with van der Waals surface area (Å²) in [5.74, 6) is 0.535. The Bertz CT molecular complexity index is 1110. The third-order valence-electron chi connectivity index (χ3n) is 5.98. The predicted molar refractivity (Wildman–Crippen MR) is 124 cm³/mol. The largest absolute Gasteiger partial charge is 0.355 e. The number of hydrogen-bond donors (Lipinski definition) is 0. The predicted octanol–water partition coefficient (Wildman–Crippen LogP) is 4.89. The van der Waals surface area contributed by atoms with Crippen LogP contribution in [-0.4, -0.2) is 47.0 Å². The van der Waals surface area contributed by atoms with Crippen LogP contribution in [0.4, 0.5) is 0 Å². The standard InChI is InChI=1S/C27H25N3O2/c31-27(24-20-25(32-28-24)21-10-4-1-5-11-21)30-18-16-29(17-19-30)26(22-12-6-2-7-13-22)23-14-8-3-9-15-23/h1-15,20,26H,16-19H2. The maximum atomic E-state index is 13.0. The topological polar surface area (TPSA) is 49.6 Å². The first kappa shape index (κ1) is 20.2. The van der Waals surface area contributed by atoms with Crippen LogP contribution in [0.3, 0.4) is 0 Å². The molecule has 0 spiro atoms. The Hall–Kier alpha value is -3.70. The van der Waals surface area contributed by atoms with E-state index in [0.29, 0.717) is 24.5 Å². The van der Waals surface area contributed by atoms with E-state index in [0.717, 1.165) is 18.7 Å². The summed E-state index contributed by atoms with van der Waals surface area (Å²) < 4.78 is 5.43. The van der Waals surface area contributed by atoms with Gasteiger partial charge < -0.3 is 9.42 Å². The van der Waals surface area contributed by atoms with Crippen molar-refractivity contribution in [2.24, 2.45) is 0 Å². The van der Waals surface area contributed by atoms with Crippen LogP contribution in [0.1, 0.15) is 27.7 Å². The van der Waals surface area contributed by atoms with Crippen LogP contribution < -0.4 is 0 Å². The van der Waals surface area contributed by atoms with Gasteiger partial charge >= 0.3 is 0 Å². The molecule has 5 rings (SSSR count). The Kier molecular flexibility index (Phi) is 5.81. The van der Waals surface area contributed by atoms with Gasteiger partial charge in [-0.05, 0) is 11.1 Å². The highest BCUT2D eigenvalue weighted by atomic mass is 16.5. The molecule has 1 aromatic heterocycles. The normalized spacial score (nSPS) is 14.6. The monoisotopic (exact) mass is 423 g/mol. The summed E-state index contributed by atoms with van der Waals surface area (Å²) in [7, 11) is 0. The number of nitrogens with zero attached hydrogens (tertiary/aromatic N) is 3. The Morgan fingerprint density at radius 1 is 0.750 bits per heavy atom. The number of hydrogen-bond acceptors (Lipinski definition) is 4. The van der Waals surface area contributed by atoms with E-state index < -0.39 is 0 Å². The molecule has 0 N–H and O–H groups in total. The van der Waals surface area contributed by atoms with Crippen molar-refractivity contribution in [3.63, 3.8) is 0 Å². The van der Waals surface area contributed by atoms with Gasteiger partial charge in [0.25, 0.3) is 5.91 Å². The Labute approximate surface area is 187 Å². The second kappa shape index (κ2) is 9.20. The summed E-state index contributed by atoms with van der Waals surface area (Å²) >= 11 is 0. The van der Waals surface area contributed by atoms with Crippen LogP contribution >= 0.6 is 0 Å². The fourth-order valence-corrected chi connectivity index (χ4v) is 4.34. The molecule has 160 valence electrons. The Morgan fingerprint density at radius 3 is 1.84 bits per heavy atom. The van der Waals surface area contributed by atoms with E-state index in [4.69, 9.17) is 4.52 Å². The van der Waals surface area contributed by atoms with E-state index >= 15 is 0 Å². The van der Waals surface area contributed by atoms with E-state index in [9.17, 15) is 4.79 Å². The third kappa shape index (κ3) is 4.20. The van der Waals surface area contributed by atoms with Crippen LogP contribution in [0.2, 0.25) is 0 Å². The van der Waals surface area contributed by atoms with Crippen molar-refractivity contribution in [2.45, 2.75) is 6.04 Å². The number of carbonyl (C=O) groups excluding carboxylic acids is 1. The minimum Gasteiger partial charge on any atom is -0.355 e. The summed E-state index contributed by atoms with van der Waals surface area (Å²) in [5.41, 5.74) is 3.81. The first-order valence-electron chi connectivity index (χ1n) is 10.9. The van der Waals surface area contributed by atoms with E-state index in [1.54, 1.807) is 6.07 Å². The fourth-order valence-electron chi connectivity index (χ4n) is 4.34. The molecule has 0 radical (unpaired) electrons. The molecule has 4 aromatic rings. The van der Waals surface area contributed by atoms with Gasteiger partial charge in [0.15, 0.2) is 11.5 Å². The summed E-state index contributed by atoms with van der Waals surface area (Å²) in [4.78, 5) is 17.4. The van der Waals surface area contributed by atoms with Crippen LogP contribution in [0, 0.1) is 0 Å². The quantitative estimate of drug-likeness (QED) is 0.459. The molecule has 0 aliphatic carbocycles. The molecule has 1 fully saturated rings. The van der Waals surface area contributed by atoms with E-state index in [-0.39, 0.29) is 11.9 Å². The lowest BCUT2D eigenvalue weighted by Gasteiger charge is -2.39. The number of benzene rings is 3. The van der Waals surface area contributed by atoms with Gasteiger partial charge in [0, 0.05) is 37.8 Å². The van der Waals surface area contributed by atoms with Gasteiger partial charge in [-0.1, -0.05) is 96.2 Å². The Morgan fingerprint density at radius 2 is 1.28 bits per heavy atom. The van der Waals surface area contributed by atoms with Crippen molar-refractivity contribution in [2.75, 3.05) is 26.2 Å².